The molecule has 26 heavy (non-hydrogen) atoms. The van der Waals surface area contributed by atoms with E-state index in [9.17, 15) is 0 Å². The minimum atomic E-state index is -1.27. The van der Waals surface area contributed by atoms with Gasteiger partial charge >= 0.3 is 17.2 Å². The summed E-state index contributed by atoms with van der Waals surface area (Å²) in [6, 6.07) is 0. The Balaban J connectivity index is 1.25. The Hall–Kier alpha value is 0.580. The molecule has 0 spiro atoms. The van der Waals surface area contributed by atoms with Crippen molar-refractivity contribution in [1.29, 1.82) is 0 Å². The lowest BCUT2D eigenvalue weighted by atomic mass is 9.97. The van der Waals surface area contributed by atoms with Gasteiger partial charge in [0.25, 0.3) is 0 Å². The van der Waals surface area contributed by atoms with Gasteiger partial charge in [0.05, 0.1) is 51.3 Å². The van der Waals surface area contributed by atoms with E-state index in [0.717, 1.165) is 12.8 Å². The Kier molecular flexibility index (Phi) is 5.95. The van der Waals surface area contributed by atoms with Gasteiger partial charge in [-0.05, 0) is 12.8 Å². The second kappa shape index (κ2) is 7.78. The van der Waals surface area contributed by atoms with Crippen molar-refractivity contribution in [2.75, 3.05) is 33.0 Å². The van der Waals surface area contributed by atoms with Gasteiger partial charge in [0.1, 0.15) is 0 Å². The van der Waals surface area contributed by atoms with Crippen LogP contribution in [-0.2, 0) is 31.9 Å². The summed E-state index contributed by atoms with van der Waals surface area (Å²) in [4.78, 5) is 0. The van der Waals surface area contributed by atoms with Crippen LogP contribution >= 0.6 is 17.2 Å². The average Bonchev–Trinajstić information content (AvgIpc) is 3.15. The highest BCUT2D eigenvalue weighted by molar-refractivity contribution is 7.42. The zero-order valence-electron chi connectivity index (χ0n) is 16.0. The summed E-state index contributed by atoms with van der Waals surface area (Å²) in [6.45, 7) is 11.8. The number of rotatable bonds is 4. The fraction of sp³-hybridized carbons (Fsp3) is 1.00. The molecular weight excluding hydrogens is 378 g/mol. The van der Waals surface area contributed by atoms with Crippen LogP contribution in [0.15, 0.2) is 0 Å². The molecule has 4 aliphatic rings. The zero-order chi connectivity index (χ0) is 18.4. The molecule has 0 N–H and O–H groups in total. The molecule has 0 bridgehead atoms. The third-order valence-corrected chi connectivity index (χ3v) is 7.43. The molecule has 9 heteroatoms. The van der Waals surface area contributed by atoms with Gasteiger partial charge in [-0.1, -0.05) is 27.7 Å². The molecule has 1 aliphatic carbocycles. The molecule has 3 heterocycles. The minimum absolute atomic E-state index is 0.0147. The van der Waals surface area contributed by atoms with Crippen LogP contribution in [0, 0.1) is 16.7 Å². The van der Waals surface area contributed by atoms with Crippen molar-refractivity contribution in [1.82, 2.24) is 0 Å². The van der Waals surface area contributed by atoms with E-state index in [2.05, 4.69) is 27.7 Å². The van der Waals surface area contributed by atoms with Gasteiger partial charge in [0.2, 0.25) is 0 Å². The highest BCUT2D eigenvalue weighted by Gasteiger charge is 2.50. The highest BCUT2D eigenvalue weighted by Crippen LogP contribution is 2.54. The maximum Gasteiger partial charge on any atom is 0.333 e. The molecule has 0 amide bonds. The van der Waals surface area contributed by atoms with E-state index in [4.69, 9.17) is 31.9 Å². The first-order valence-electron chi connectivity index (χ1n) is 9.38. The van der Waals surface area contributed by atoms with Gasteiger partial charge in [-0.2, -0.15) is 0 Å². The van der Waals surface area contributed by atoms with Crippen LogP contribution in [0.5, 0.6) is 0 Å². The molecule has 0 aromatic carbocycles. The van der Waals surface area contributed by atoms with Crippen molar-refractivity contribution >= 4 is 17.2 Å². The third-order valence-electron chi connectivity index (χ3n) is 5.19. The van der Waals surface area contributed by atoms with E-state index >= 15 is 0 Å². The Morgan fingerprint density at radius 2 is 1.23 bits per heavy atom. The standard InChI is InChI=1S/C17H30O7P2/c1-16(2)8-19-25(20-9-16)23-13-6-5-12-14(7-18-15(12)13)24-26-21-10-17(3,4)11-22-26/h12-15H,5-11H2,1-4H3/t12-,13-,14+,15+/m1/s1. The van der Waals surface area contributed by atoms with Crippen LogP contribution < -0.4 is 0 Å². The Morgan fingerprint density at radius 3 is 1.77 bits per heavy atom. The van der Waals surface area contributed by atoms with Crippen molar-refractivity contribution in [2.45, 2.75) is 58.8 Å². The monoisotopic (exact) mass is 408 g/mol. The molecule has 1 saturated carbocycles. The smallest absolute Gasteiger partial charge is 0.333 e. The fourth-order valence-corrected chi connectivity index (χ4v) is 6.65. The molecule has 0 aromatic rings. The molecule has 4 fully saturated rings. The summed E-state index contributed by atoms with van der Waals surface area (Å²) in [5.41, 5.74) is 0.111. The molecule has 3 aliphatic heterocycles. The lowest BCUT2D eigenvalue weighted by Crippen LogP contribution is -2.32. The summed E-state index contributed by atoms with van der Waals surface area (Å²) >= 11 is 0. The van der Waals surface area contributed by atoms with E-state index in [1.54, 1.807) is 0 Å². The van der Waals surface area contributed by atoms with Crippen molar-refractivity contribution < 1.29 is 31.9 Å². The second-order valence-electron chi connectivity index (χ2n) is 9.20. The van der Waals surface area contributed by atoms with E-state index < -0.39 is 17.2 Å². The summed E-state index contributed by atoms with van der Waals surface area (Å²) in [5, 5.41) is 0. The molecule has 150 valence electrons. The molecule has 0 unspecified atom stereocenters. The van der Waals surface area contributed by atoms with Crippen LogP contribution in [0.25, 0.3) is 0 Å². The molecule has 3 saturated heterocycles. The lowest BCUT2D eigenvalue weighted by molar-refractivity contribution is -0.0219. The third kappa shape index (κ3) is 4.59. The first-order chi connectivity index (χ1) is 12.3. The molecular formula is C17H30O7P2. The van der Waals surface area contributed by atoms with Crippen LogP contribution in [-0.4, -0.2) is 51.3 Å². The Labute approximate surface area is 158 Å². The first kappa shape index (κ1) is 19.9. The van der Waals surface area contributed by atoms with E-state index in [1.807, 2.05) is 0 Å². The topological polar surface area (TPSA) is 64.6 Å². The molecule has 7 nitrogen and oxygen atoms in total. The van der Waals surface area contributed by atoms with Crippen LogP contribution in [0.4, 0.5) is 0 Å². The molecule has 0 radical (unpaired) electrons. The fourth-order valence-electron chi connectivity index (χ4n) is 3.55. The Morgan fingerprint density at radius 1 is 0.731 bits per heavy atom. The van der Waals surface area contributed by atoms with Gasteiger partial charge in [-0.3, -0.25) is 0 Å². The molecule has 4 rings (SSSR count). The van der Waals surface area contributed by atoms with E-state index in [0.29, 0.717) is 39.0 Å². The zero-order valence-corrected chi connectivity index (χ0v) is 17.8. The summed E-state index contributed by atoms with van der Waals surface area (Å²) in [5.74, 6) is 0.320. The quantitative estimate of drug-likeness (QED) is 0.647. The maximum atomic E-state index is 6.11. The van der Waals surface area contributed by atoms with E-state index in [1.165, 1.54) is 0 Å². The van der Waals surface area contributed by atoms with Crippen molar-refractivity contribution in [3.8, 4) is 0 Å². The van der Waals surface area contributed by atoms with Gasteiger partial charge in [-0.25, -0.2) is 0 Å². The van der Waals surface area contributed by atoms with Crippen LogP contribution in [0.1, 0.15) is 40.5 Å². The highest BCUT2D eigenvalue weighted by atomic mass is 31.2. The summed E-state index contributed by atoms with van der Waals surface area (Å²) in [6.07, 6.45) is 2.03. The van der Waals surface area contributed by atoms with Gasteiger partial charge < -0.3 is 31.9 Å². The SMILES string of the molecule is CC1(C)COP(O[C@H]2CO[C@H]3[C@@H]2CC[C@H]3OP2OCC(C)(C)CO2)OC1. The van der Waals surface area contributed by atoms with Crippen molar-refractivity contribution in [3.63, 3.8) is 0 Å². The summed E-state index contributed by atoms with van der Waals surface area (Å²) in [7, 11) is -2.54. The van der Waals surface area contributed by atoms with E-state index in [-0.39, 0.29) is 29.1 Å². The van der Waals surface area contributed by atoms with Gasteiger partial charge in [0.15, 0.2) is 0 Å². The summed E-state index contributed by atoms with van der Waals surface area (Å²) < 4.78 is 41.3. The number of hydrogen-bond acceptors (Lipinski definition) is 7. The molecule has 4 atom stereocenters. The molecule has 0 aromatic heterocycles. The lowest BCUT2D eigenvalue weighted by Gasteiger charge is -2.34. The largest absolute Gasteiger partial charge is 0.372 e. The second-order valence-corrected chi connectivity index (χ2v) is 11.5. The predicted molar refractivity (Wildman–Crippen MR) is 97.4 cm³/mol. The Bertz CT molecular complexity index is 440. The average molecular weight is 408 g/mol. The van der Waals surface area contributed by atoms with Crippen LogP contribution in [0.2, 0.25) is 0 Å². The van der Waals surface area contributed by atoms with Crippen molar-refractivity contribution in [2.24, 2.45) is 16.7 Å². The number of hydrogen-bond donors (Lipinski definition) is 0. The number of fused-ring (bicyclic) bond motifs is 1. The number of ether oxygens (including phenoxy) is 1. The minimum Gasteiger partial charge on any atom is -0.372 e. The predicted octanol–water partition coefficient (Wildman–Crippen LogP) is 4.17. The van der Waals surface area contributed by atoms with Gasteiger partial charge in [0, 0.05) is 16.7 Å². The maximum absolute atomic E-state index is 6.11. The first-order valence-corrected chi connectivity index (χ1v) is 11.6. The van der Waals surface area contributed by atoms with Crippen LogP contribution in [0.3, 0.4) is 0 Å². The van der Waals surface area contributed by atoms with Gasteiger partial charge in [-0.15, -0.1) is 0 Å². The normalized spacial score (nSPS) is 40.6. The van der Waals surface area contributed by atoms with Crippen molar-refractivity contribution in [3.05, 3.63) is 0 Å².